The molecular formula is C19H18N2O. The van der Waals surface area contributed by atoms with Gasteiger partial charge >= 0.3 is 0 Å². The van der Waals surface area contributed by atoms with Gasteiger partial charge in [-0.15, -0.1) is 0 Å². The molecule has 0 aliphatic heterocycles. The third kappa shape index (κ3) is 2.84. The highest BCUT2D eigenvalue weighted by molar-refractivity contribution is 5.74. The first-order chi connectivity index (χ1) is 10.8. The normalized spacial score (nSPS) is 10.6. The Morgan fingerprint density at radius 1 is 1.00 bits per heavy atom. The highest BCUT2D eigenvalue weighted by Crippen LogP contribution is 2.24. The Morgan fingerprint density at radius 2 is 1.64 bits per heavy atom. The smallest absolute Gasteiger partial charge is 0.185 e. The Balaban J connectivity index is 1.97. The zero-order valence-electron chi connectivity index (χ0n) is 12.6. The summed E-state index contributed by atoms with van der Waals surface area (Å²) in [6, 6.07) is 20.4. The summed E-state index contributed by atoms with van der Waals surface area (Å²) in [6.45, 7) is 2.69. The van der Waals surface area contributed by atoms with E-state index in [1.54, 1.807) is 0 Å². The molecule has 3 nitrogen and oxygen atoms in total. The lowest BCUT2D eigenvalue weighted by Crippen LogP contribution is -2.07. The Hall–Kier alpha value is -2.68. The molecule has 0 aliphatic carbocycles. The van der Waals surface area contributed by atoms with Crippen LogP contribution in [0.5, 0.6) is 0 Å². The van der Waals surface area contributed by atoms with Gasteiger partial charge in [0.15, 0.2) is 12.1 Å². The molecule has 0 bridgehead atoms. The van der Waals surface area contributed by atoms with Crippen molar-refractivity contribution >= 4 is 6.29 Å². The highest BCUT2D eigenvalue weighted by Gasteiger charge is 2.15. The van der Waals surface area contributed by atoms with E-state index in [1.165, 1.54) is 5.56 Å². The molecule has 0 saturated heterocycles. The molecule has 0 fully saturated rings. The van der Waals surface area contributed by atoms with Crippen LogP contribution in [0.1, 0.15) is 21.9 Å². The van der Waals surface area contributed by atoms with E-state index < -0.39 is 0 Å². The minimum Gasteiger partial charge on any atom is -0.321 e. The molecule has 22 heavy (non-hydrogen) atoms. The van der Waals surface area contributed by atoms with Crippen molar-refractivity contribution in [1.82, 2.24) is 9.55 Å². The maximum absolute atomic E-state index is 11.4. The number of aryl methyl sites for hydroxylation is 2. The molecule has 110 valence electrons. The maximum atomic E-state index is 11.4. The number of benzene rings is 2. The average Bonchev–Trinajstić information content (AvgIpc) is 2.90. The number of nitrogens with zero attached hydrogens (tertiary/aromatic N) is 2. The Bertz CT molecular complexity index is 761. The third-order valence-corrected chi connectivity index (χ3v) is 3.79. The Morgan fingerprint density at radius 3 is 2.27 bits per heavy atom. The van der Waals surface area contributed by atoms with E-state index in [9.17, 15) is 4.79 Å². The van der Waals surface area contributed by atoms with E-state index in [2.05, 4.69) is 29.2 Å². The zero-order chi connectivity index (χ0) is 15.4. The van der Waals surface area contributed by atoms with Crippen LogP contribution in [0.3, 0.4) is 0 Å². The van der Waals surface area contributed by atoms with Gasteiger partial charge in [-0.2, -0.15) is 0 Å². The van der Waals surface area contributed by atoms with Crippen LogP contribution >= 0.6 is 0 Å². The fraction of sp³-hybridized carbons (Fsp3) is 0.158. The molecular weight excluding hydrogens is 272 g/mol. The summed E-state index contributed by atoms with van der Waals surface area (Å²) in [7, 11) is 0. The highest BCUT2D eigenvalue weighted by atomic mass is 16.1. The van der Waals surface area contributed by atoms with Crippen molar-refractivity contribution in [1.29, 1.82) is 0 Å². The number of aldehydes is 1. The van der Waals surface area contributed by atoms with Gasteiger partial charge in [0.1, 0.15) is 0 Å². The van der Waals surface area contributed by atoms with Crippen LogP contribution in [0, 0.1) is 6.92 Å². The average molecular weight is 290 g/mol. The standard InChI is InChI=1S/C19H18N2O/c1-15-19(17-10-6-3-7-11-17)21(18(14-22)20-15)13-12-16-8-4-2-5-9-16/h2-11,14H,12-13H2,1H3. The molecule has 3 heteroatoms. The molecule has 0 N–H and O–H groups in total. The molecule has 0 saturated carbocycles. The van der Waals surface area contributed by atoms with Crippen molar-refractivity contribution in [2.45, 2.75) is 19.9 Å². The van der Waals surface area contributed by atoms with E-state index >= 15 is 0 Å². The number of hydrogen-bond donors (Lipinski definition) is 0. The van der Waals surface area contributed by atoms with Gasteiger partial charge in [-0.1, -0.05) is 60.7 Å². The lowest BCUT2D eigenvalue weighted by Gasteiger charge is -2.11. The largest absolute Gasteiger partial charge is 0.321 e. The van der Waals surface area contributed by atoms with Crippen LogP contribution in [-0.4, -0.2) is 15.8 Å². The molecule has 0 atom stereocenters. The topological polar surface area (TPSA) is 34.9 Å². The minimum absolute atomic E-state index is 0.493. The summed E-state index contributed by atoms with van der Waals surface area (Å²) < 4.78 is 2.02. The van der Waals surface area contributed by atoms with Crippen LogP contribution in [0.2, 0.25) is 0 Å². The van der Waals surface area contributed by atoms with Gasteiger partial charge in [0.2, 0.25) is 0 Å². The van der Waals surface area contributed by atoms with Crippen molar-refractivity contribution < 1.29 is 4.79 Å². The number of imidazole rings is 1. The quantitative estimate of drug-likeness (QED) is 0.668. The van der Waals surface area contributed by atoms with Gasteiger partial charge < -0.3 is 4.57 Å². The van der Waals surface area contributed by atoms with Crippen LogP contribution in [0.15, 0.2) is 60.7 Å². The van der Waals surface area contributed by atoms with Gasteiger partial charge in [-0.3, -0.25) is 4.79 Å². The second-order valence-electron chi connectivity index (χ2n) is 5.28. The van der Waals surface area contributed by atoms with Gasteiger partial charge in [0.25, 0.3) is 0 Å². The van der Waals surface area contributed by atoms with Gasteiger partial charge in [-0.05, 0) is 18.9 Å². The van der Waals surface area contributed by atoms with Crippen molar-refractivity contribution in [2.75, 3.05) is 0 Å². The Kier molecular flexibility index (Phi) is 4.15. The molecule has 1 heterocycles. The van der Waals surface area contributed by atoms with Gasteiger partial charge in [-0.25, -0.2) is 4.98 Å². The first-order valence-electron chi connectivity index (χ1n) is 7.41. The molecule has 0 amide bonds. The van der Waals surface area contributed by atoms with E-state index in [0.29, 0.717) is 5.82 Å². The summed E-state index contributed by atoms with van der Waals surface area (Å²) in [6.07, 6.45) is 1.71. The number of aromatic nitrogens is 2. The maximum Gasteiger partial charge on any atom is 0.185 e. The predicted octanol–water partition coefficient (Wildman–Crippen LogP) is 3.91. The van der Waals surface area contributed by atoms with Crippen molar-refractivity contribution in [3.8, 4) is 11.3 Å². The molecule has 1 aromatic heterocycles. The molecule has 0 spiro atoms. The summed E-state index contributed by atoms with van der Waals surface area (Å²) in [5.74, 6) is 0.493. The summed E-state index contributed by atoms with van der Waals surface area (Å²) in [4.78, 5) is 15.8. The Labute approximate surface area is 130 Å². The van der Waals surface area contributed by atoms with Crippen molar-refractivity contribution in [3.05, 3.63) is 77.7 Å². The first kappa shape index (κ1) is 14.3. The van der Waals surface area contributed by atoms with Gasteiger partial charge in [0, 0.05) is 12.1 Å². The minimum atomic E-state index is 0.493. The van der Waals surface area contributed by atoms with Crippen molar-refractivity contribution in [3.63, 3.8) is 0 Å². The molecule has 2 aromatic carbocycles. The van der Waals surface area contributed by atoms with Crippen LogP contribution in [-0.2, 0) is 13.0 Å². The SMILES string of the molecule is Cc1nc(C=O)n(CCc2ccccc2)c1-c1ccccc1. The second-order valence-corrected chi connectivity index (χ2v) is 5.28. The lowest BCUT2D eigenvalue weighted by atomic mass is 10.1. The van der Waals surface area contributed by atoms with Crippen LogP contribution in [0.25, 0.3) is 11.3 Å². The second kappa shape index (κ2) is 6.39. The summed E-state index contributed by atoms with van der Waals surface area (Å²) in [5.41, 5.74) is 4.26. The van der Waals surface area contributed by atoms with Gasteiger partial charge in [0.05, 0.1) is 11.4 Å². The molecule has 3 rings (SSSR count). The fourth-order valence-electron chi connectivity index (χ4n) is 2.76. The van der Waals surface area contributed by atoms with E-state index in [-0.39, 0.29) is 0 Å². The van der Waals surface area contributed by atoms with E-state index in [0.717, 1.165) is 36.2 Å². The third-order valence-electron chi connectivity index (χ3n) is 3.79. The predicted molar refractivity (Wildman–Crippen MR) is 87.9 cm³/mol. The molecule has 0 radical (unpaired) electrons. The van der Waals surface area contributed by atoms with E-state index in [4.69, 9.17) is 0 Å². The van der Waals surface area contributed by atoms with Crippen LogP contribution in [0.4, 0.5) is 0 Å². The number of carbonyl (C=O) groups is 1. The zero-order valence-corrected chi connectivity index (χ0v) is 12.6. The number of rotatable bonds is 5. The monoisotopic (exact) mass is 290 g/mol. The van der Waals surface area contributed by atoms with E-state index in [1.807, 2.05) is 47.9 Å². The number of carbonyl (C=O) groups excluding carboxylic acids is 1. The molecule has 3 aromatic rings. The summed E-state index contributed by atoms with van der Waals surface area (Å²) in [5, 5.41) is 0. The molecule has 0 unspecified atom stereocenters. The summed E-state index contributed by atoms with van der Waals surface area (Å²) >= 11 is 0. The fourth-order valence-corrected chi connectivity index (χ4v) is 2.76. The van der Waals surface area contributed by atoms with Crippen molar-refractivity contribution in [2.24, 2.45) is 0 Å². The number of hydrogen-bond acceptors (Lipinski definition) is 2. The first-order valence-corrected chi connectivity index (χ1v) is 7.41. The van der Waals surface area contributed by atoms with Crippen LogP contribution < -0.4 is 0 Å². The molecule has 0 aliphatic rings. The lowest BCUT2D eigenvalue weighted by molar-refractivity contribution is 0.111.